The second-order valence-electron chi connectivity index (χ2n) is 9.60. The van der Waals surface area contributed by atoms with Gasteiger partial charge in [-0.3, -0.25) is 0 Å². The summed E-state index contributed by atoms with van der Waals surface area (Å²) in [6.45, 7) is 4.08. The number of aryl methyl sites for hydroxylation is 1. The second-order valence-corrected chi connectivity index (χ2v) is 11.3. The van der Waals surface area contributed by atoms with Crippen LogP contribution < -0.4 is 9.88 Å². The number of benzene rings is 3. The van der Waals surface area contributed by atoms with E-state index in [1.54, 1.807) is 18.5 Å². The summed E-state index contributed by atoms with van der Waals surface area (Å²) in [5, 5.41) is 5.79. The van der Waals surface area contributed by atoms with Crippen molar-refractivity contribution in [2.75, 3.05) is 5.75 Å². The smallest absolute Gasteiger partial charge is 0.209 e. The molecule has 7 nitrogen and oxygen atoms in total. The highest BCUT2D eigenvalue weighted by atomic mass is 32.2. The average molecular weight is 537 g/mol. The molecule has 5 aromatic rings. The first-order chi connectivity index (χ1) is 18.0. The molecule has 0 aliphatic heterocycles. The van der Waals surface area contributed by atoms with Crippen LogP contribution >= 0.6 is 0 Å². The zero-order chi connectivity index (χ0) is 27.1. The van der Waals surface area contributed by atoms with Crippen LogP contribution in [-0.4, -0.2) is 29.1 Å². The van der Waals surface area contributed by atoms with Crippen molar-refractivity contribution in [3.05, 3.63) is 102 Å². The van der Waals surface area contributed by atoms with E-state index in [1.165, 1.54) is 24.3 Å². The van der Waals surface area contributed by atoms with Crippen molar-refractivity contribution in [1.82, 2.24) is 15.0 Å². The molecule has 0 saturated carbocycles. The minimum Gasteiger partial charge on any atom is -0.454 e. The molecule has 0 aliphatic carbocycles. The van der Waals surface area contributed by atoms with Gasteiger partial charge in [-0.25, -0.2) is 27.3 Å². The minimum atomic E-state index is -3.81. The number of hydrogen-bond acceptors (Lipinski definition) is 4. The molecule has 38 heavy (non-hydrogen) atoms. The Bertz CT molecular complexity index is 1730. The summed E-state index contributed by atoms with van der Waals surface area (Å²) in [6, 6.07) is 16.9. The van der Waals surface area contributed by atoms with E-state index in [0.29, 0.717) is 22.3 Å². The first-order valence-electron chi connectivity index (χ1n) is 11.9. The number of nitrogens with zero attached hydrogens (tertiary/aromatic N) is 1. The Morgan fingerprint density at radius 2 is 1.79 bits per heavy atom. The molecule has 0 atom stereocenters. The van der Waals surface area contributed by atoms with E-state index >= 15 is 4.39 Å². The van der Waals surface area contributed by atoms with Gasteiger partial charge in [0.15, 0.2) is 11.6 Å². The molecule has 0 unspecified atom stereocenters. The van der Waals surface area contributed by atoms with Crippen molar-refractivity contribution in [1.29, 1.82) is 0 Å². The number of ether oxygens (including phenoxy) is 1. The van der Waals surface area contributed by atoms with Crippen LogP contribution in [-0.2, 0) is 21.9 Å². The Hall–Kier alpha value is -4.02. The van der Waals surface area contributed by atoms with Crippen LogP contribution in [0.15, 0.2) is 73.1 Å². The fourth-order valence-electron chi connectivity index (χ4n) is 4.48. The highest BCUT2D eigenvalue weighted by Gasteiger charge is 2.26. The lowest BCUT2D eigenvalue weighted by Gasteiger charge is -2.23. The Morgan fingerprint density at radius 3 is 2.53 bits per heavy atom. The number of rotatable bonds is 8. The Labute approximate surface area is 218 Å². The maximum absolute atomic E-state index is 15.1. The molecule has 3 aromatic carbocycles. The molecule has 0 spiro atoms. The van der Waals surface area contributed by atoms with E-state index in [0.717, 1.165) is 11.3 Å². The van der Waals surface area contributed by atoms with Gasteiger partial charge in [-0.2, -0.15) is 0 Å². The van der Waals surface area contributed by atoms with Crippen molar-refractivity contribution in [3.8, 4) is 22.9 Å². The third-order valence-electron chi connectivity index (χ3n) is 6.66. The Balaban J connectivity index is 1.51. The van der Waals surface area contributed by atoms with Crippen LogP contribution in [0.1, 0.15) is 30.7 Å². The van der Waals surface area contributed by atoms with E-state index in [-0.39, 0.29) is 23.5 Å². The molecule has 196 valence electrons. The lowest BCUT2D eigenvalue weighted by Crippen LogP contribution is -2.19. The lowest BCUT2D eigenvalue weighted by atomic mass is 9.82. The zero-order valence-corrected chi connectivity index (χ0v) is 21.6. The monoisotopic (exact) mass is 536 g/mol. The van der Waals surface area contributed by atoms with Crippen molar-refractivity contribution in [2.24, 2.45) is 5.14 Å². The number of nitrogens with two attached hydrogens (primary N) is 1. The number of aromatic nitrogens is 3. The molecule has 0 saturated heterocycles. The van der Waals surface area contributed by atoms with E-state index in [9.17, 15) is 12.8 Å². The normalized spacial score (nSPS) is 12.2. The number of sulfonamides is 1. The maximum atomic E-state index is 15.1. The second kappa shape index (κ2) is 9.70. The number of imidazole rings is 1. The summed E-state index contributed by atoms with van der Waals surface area (Å²) in [5.74, 6) is -1.32. The van der Waals surface area contributed by atoms with Gasteiger partial charge in [0.05, 0.1) is 11.3 Å². The van der Waals surface area contributed by atoms with E-state index in [2.05, 4.69) is 15.0 Å². The number of hydrogen-bond donors (Lipinski definition) is 3. The average Bonchev–Trinajstić information content (AvgIpc) is 3.55. The number of nitrogens with one attached hydrogen (secondary N) is 2. The molecule has 4 N–H and O–H groups in total. The van der Waals surface area contributed by atoms with Gasteiger partial charge in [-0.05, 0) is 36.2 Å². The number of aromatic amines is 2. The molecule has 0 bridgehead atoms. The van der Waals surface area contributed by atoms with Gasteiger partial charge in [0, 0.05) is 46.0 Å². The van der Waals surface area contributed by atoms with Gasteiger partial charge in [0.25, 0.3) is 0 Å². The molecule has 5 rings (SSSR count). The SMILES string of the molecule is CC(C)(c1ccccc1)c1cnc(-c2cc(Oc3c(F)cc4[nH]ccc4c3CCS(N)(=O)=O)ccc2F)[nH]1. The van der Waals surface area contributed by atoms with Crippen LogP contribution in [0, 0.1) is 11.6 Å². The van der Waals surface area contributed by atoms with Crippen LogP contribution in [0.2, 0.25) is 0 Å². The maximum Gasteiger partial charge on any atom is 0.209 e. The van der Waals surface area contributed by atoms with Crippen LogP contribution in [0.25, 0.3) is 22.3 Å². The number of fused-ring (bicyclic) bond motifs is 1. The van der Waals surface area contributed by atoms with Crippen LogP contribution in [0.3, 0.4) is 0 Å². The number of halogens is 2. The van der Waals surface area contributed by atoms with E-state index < -0.39 is 32.8 Å². The minimum absolute atomic E-state index is 0.0650. The van der Waals surface area contributed by atoms with Gasteiger partial charge >= 0.3 is 0 Å². The third kappa shape index (κ3) is 5.05. The van der Waals surface area contributed by atoms with Gasteiger partial charge in [-0.15, -0.1) is 0 Å². The highest BCUT2D eigenvalue weighted by Crippen LogP contribution is 2.37. The fourth-order valence-corrected chi connectivity index (χ4v) is 4.97. The van der Waals surface area contributed by atoms with Gasteiger partial charge in [-0.1, -0.05) is 44.2 Å². The number of H-pyrrole nitrogens is 2. The molecule has 10 heteroatoms. The van der Waals surface area contributed by atoms with Gasteiger partial charge < -0.3 is 14.7 Å². The van der Waals surface area contributed by atoms with Crippen molar-refractivity contribution in [2.45, 2.75) is 25.7 Å². The van der Waals surface area contributed by atoms with Gasteiger partial charge in [0.2, 0.25) is 10.0 Å². The van der Waals surface area contributed by atoms with Crippen molar-refractivity contribution in [3.63, 3.8) is 0 Å². The summed E-state index contributed by atoms with van der Waals surface area (Å²) < 4.78 is 59.2. The fraction of sp³-hybridized carbons (Fsp3) is 0.179. The summed E-state index contributed by atoms with van der Waals surface area (Å²) >= 11 is 0. The molecule has 2 heterocycles. The Morgan fingerprint density at radius 1 is 1.03 bits per heavy atom. The van der Waals surface area contributed by atoms with Crippen LogP contribution in [0.5, 0.6) is 11.5 Å². The summed E-state index contributed by atoms with van der Waals surface area (Å²) in [4.78, 5) is 10.5. The van der Waals surface area contributed by atoms with E-state index in [1.807, 2.05) is 44.2 Å². The first kappa shape index (κ1) is 25.6. The summed E-state index contributed by atoms with van der Waals surface area (Å²) in [7, 11) is -3.81. The molecule has 0 aliphatic rings. The Kier molecular flexibility index (Phi) is 6.54. The standard InChI is InChI=1S/C28H26F2N4O3S/c1-28(2,17-6-4-3-5-7-17)25-16-33-27(34-25)21-14-18(8-9-22(21)29)37-26-20(11-13-38(31,35)36)19-10-12-32-24(19)15-23(26)30/h3-10,12,14-16,32H,11,13H2,1-2H3,(H,33,34)(H2,31,35,36). The van der Waals surface area contributed by atoms with Crippen molar-refractivity contribution >= 4 is 20.9 Å². The lowest BCUT2D eigenvalue weighted by molar-refractivity contribution is 0.437. The topological polar surface area (TPSA) is 114 Å². The first-order valence-corrected chi connectivity index (χ1v) is 13.6. The predicted molar refractivity (Wildman–Crippen MR) is 143 cm³/mol. The molecular weight excluding hydrogens is 510 g/mol. The van der Waals surface area contributed by atoms with Gasteiger partial charge in [0.1, 0.15) is 17.4 Å². The quantitative estimate of drug-likeness (QED) is 0.233. The van der Waals surface area contributed by atoms with Crippen molar-refractivity contribution < 1.29 is 21.9 Å². The highest BCUT2D eigenvalue weighted by molar-refractivity contribution is 7.89. The summed E-state index contributed by atoms with van der Waals surface area (Å²) in [6.07, 6.45) is 3.22. The molecule has 0 amide bonds. The molecule has 2 aromatic heterocycles. The summed E-state index contributed by atoms with van der Waals surface area (Å²) in [5.41, 5.74) is 2.42. The van der Waals surface area contributed by atoms with E-state index in [4.69, 9.17) is 9.88 Å². The number of primary sulfonamides is 1. The molecule has 0 fully saturated rings. The third-order valence-corrected chi connectivity index (χ3v) is 7.43. The van der Waals surface area contributed by atoms with Crippen LogP contribution in [0.4, 0.5) is 8.78 Å². The zero-order valence-electron chi connectivity index (χ0n) is 20.8. The largest absolute Gasteiger partial charge is 0.454 e. The molecule has 0 radical (unpaired) electrons. The predicted octanol–water partition coefficient (Wildman–Crippen LogP) is 5.79. The molecular formula is C28H26F2N4O3S.